The molecule has 17 heavy (non-hydrogen) atoms. The quantitative estimate of drug-likeness (QED) is 0.343. The van der Waals surface area contributed by atoms with E-state index in [0.29, 0.717) is 13.2 Å². The van der Waals surface area contributed by atoms with Crippen LogP contribution in [0.1, 0.15) is 12.5 Å². The zero-order valence-electron chi connectivity index (χ0n) is 9.80. The van der Waals surface area contributed by atoms with Crippen LogP contribution in [0, 0.1) is 0 Å². The maximum atomic E-state index is 11.7. The molecule has 0 aromatic heterocycles. The summed E-state index contributed by atoms with van der Waals surface area (Å²) in [7, 11) is 0. The van der Waals surface area contributed by atoms with Crippen molar-refractivity contribution in [2.45, 2.75) is 13.5 Å². The summed E-state index contributed by atoms with van der Waals surface area (Å²) in [6.45, 7) is 2.83. The first-order chi connectivity index (χ1) is 8.27. The summed E-state index contributed by atoms with van der Waals surface area (Å²) >= 11 is 2.22. The molecule has 1 aromatic carbocycles. The molecule has 0 N–H and O–H groups in total. The van der Waals surface area contributed by atoms with Gasteiger partial charge in [-0.15, -0.1) is 0 Å². The molecule has 0 radical (unpaired) electrons. The number of hydrogen-bond donors (Lipinski definition) is 0. The van der Waals surface area contributed by atoms with Crippen molar-refractivity contribution in [3.63, 3.8) is 0 Å². The van der Waals surface area contributed by atoms with Gasteiger partial charge < -0.3 is 0 Å². The molecule has 4 heteroatoms. The van der Waals surface area contributed by atoms with E-state index < -0.39 is 0 Å². The normalized spacial score (nSPS) is 10.7. The number of halogens is 1. The molecule has 0 bridgehead atoms. The lowest BCUT2D eigenvalue weighted by Gasteiger charge is -2.19. The second-order valence-corrected chi connectivity index (χ2v) is 4.47. The highest BCUT2D eigenvalue weighted by molar-refractivity contribution is 14.1. The number of benzene rings is 1. The van der Waals surface area contributed by atoms with Crippen LogP contribution in [0.3, 0.4) is 0 Å². The Labute approximate surface area is 116 Å². The van der Waals surface area contributed by atoms with Gasteiger partial charge >= 0.3 is 0 Å². The van der Waals surface area contributed by atoms with Gasteiger partial charge in [-0.25, -0.2) is 5.06 Å². The molecule has 0 saturated heterocycles. The number of allylic oxidation sites excluding steroid dienone is 1. The van der Waals surface area contributed by atoms with Gasteiger partial charge in [0.05, 0.1) is 6.54 Å². The number of nitrogens with zero attached hydrogens (tertiary/aromatic N) is 1. The molecule has 0 heterocycles. The van der Waals surface area contributed by atoms with Crippen LogP contribution in [-0.4, -0.2) is 21.9 Å². The van der Waals surface area contributed by atoms with Crippen molar-refractivity contribution in [3.8, 4) is 0 Å². The fourth-order valence-electron chi connectivity index (χ4n) is 1.27. The van der Waals surface area contributed by atoms with E-state index in [1.54, 1.807) is 6.08 Å². The molecule has 3 nitrogen and oxygen atoms in total. The Hall–Kier alpha value is -0.880. The Bertz CT molecular complexity index is 365. The van der Waals surface area contributed by atoms with Crippen LogP contribution in [0.25, 0.3) is 0 Å². The van der Waals surface area contributed by atoms with Gasteiger partial charge in [0.1, 0.15) is 6.61 Å². The van der Waals surface area contributed by atoms with Crippen LogP contribution in [0.4, 0.5) is 0 Å². The number of rotatable bonds is 6. The summed E-state index contributed by atoms with van der Waals surface area (Å²) in [4.78, 5) is 17.2. The molecule has 0 fully saturated rings. The maximum absolute atomic E-state index is 11.7. The van der Waals surface area contributed by atoms with E-state index in [0.717, 1.165) is 9.99 Å². The average Bonchev–Trinajstić information content (AvgIpc) is 2.36. The van der Waals surface area contributed by atoms with Crippen molar-refractivity contribution >= 4 is 28.5 Å². The third kappa shape index (κ3) is 5.32. The third-order valence-electron chi connectivity index (χ3n) is 2.07. The highest BCUT2D eigenvalue weighted by atomic mass is 127. The summed E-state index contributed by atoms with van der Waals surface area (Å²) in [5, 5.41) is 1.40. The van der Waals surface area contributed by atoms with E-state index >= 15 is 0 Å². The molecular weight excluding hydrogens is 329 g/mol. The largest absolute Gasteiger partial charge is 0.269 e. The number of amides is 1. The van der Waals surface area contributed by atoms with Crippen molar-refractivity contribution in [3.05, 3.63) is 48.0 Å². The minimum atomic E-state index is -0.111. The maximum Gasteiger partial charge on any atom is 0.269 e. The van der Waals surface area contributed by atoms with E-state index in [9.17, 15) is 4.79 Å². The molecule has 92 valence electrons. The van der Waals surface area contributed by atoms with Crippen LogP contribution >= 0.6 is 22.6 Å². The van der Waals surface area contributed by atoms with E-state index in [4.69, 9.17) is 4.84 Å². The molecule has 0 aliphatic carbocycles. The second-order valence-electron chi connectivity index (χ2n) is 3.39. The topological polar surface area (TPSA) is 29.5 Å². The van der Waals surface area contributed by atoms with E-state index in [2.05, 4.69) is 22.6 Å². The van der Waals surface area contributed by atoms with Crippen molar-refractivity contribution < 1.29 is 9.63 Å². The Balaban J connectivity index is 2.52. The van der Waals surface area contributed by atoms with Crippen molar-refractivity contribution in [2.75, 3.05) is 11.0 Å². The summed E-state index contributed by atoms with van der Waals surface area (Å²) in [5.74, 6) is -0.111. The predicted octanol–water partition coefficient (Wildman–Crippen LogP) is 2.96. The first-order valence-electron chi connectivity index (χ1n) is 5.45. The molecule has 0 spiro atoms. The average molecular weight is 345 g/mol. The molecule has 1 rings (SSSR count). The van der Waals surface area contributed by atoms with Crippen molar-refractivity contribution in [1.29, 1.82) is 0 Å². The smallest absolute Gasteiger partial charge is 0.267 e. The Morgan fingerprint density at radius 2 is 2.12 bits per heavy atom. The van der Waals surface area contributed by atoms with Gasteiger partial charge in [-0.05, 0) is 12.5 Å². The standard InChI is InChI=1S/C13H16INO2/c1-2-6-13(16)15(10-9-14)17-11-12-7-4-3-5-8-12/h2-8H,9-11H2,1H3/b6-2+. The zero-order valence-corrected chi connectivity index (χ0v) is 12.0. The highest BCUT2D eigenvalue weighted by Gasteiger charge is 2.10. The minimum Gasteiger partial charge on any atom is -0.267 e. The fourth-order valence-corrected chi connectivity index (χ4v) is 1.71. The monoisotopic (exact) mass is 345 g/mol. The first kappa shape index (κ1) is 14.2. The van der Waals surface area contributed by atoms with Gasteiger partial charge in [0.15, 0.2) is 0 Å². The molecule has 0 aliphatic rings. The molecule has 1 amide bonds. The van der Waals surface area contributed by atoms with Crippen LogP contribution in [0.15, 0.2) is 42.5 Å². The van der Waals surface area contributed by atoms with Crippen LogP contribution in [0.2, 0.25) is 0 Å². The first-order valence-corrected chi connectivity index (χ1v) is 6.97. The number of carbonyl (C=O) groups excluding carboxylic acids is 1. The summed E-state index contributed by atoms with van der Waals surface area (Å²) in [6.07, 6.45) is 3.23. The van der Waals surface area contributed by atoms with E-state index in [1.807, 2.05) is 37.3 Å². The zero-order chi connectivity index (χ0) is 12.5. The van der Waals surface area contributed by atoms with Gasteiger partial charge in [-0.2, -0.15) is 0 Å². The fraction of sp³-hybridized carbons (Fsp3) is 0.308. The molecule has 0 aliphatic heterocycles. The number of carbonyl (C=O) groups is 1. The van der Waals surface area contributed by atoms with Gasteiger partial charge in [0, 0.05) is 10.5 Å². The van der Waals surface area contributed by atoms with Gasteiger partial charge in [0.2, 0.25) is 0 Å². The van der Waals surface area contributed by atoms with Gasteiger partial charge in [0.25, 0.3) is 5.91 Å². The SMILES string of the molecule is C/C=C/C(=O)N(CCI)OCc1ccccc1. The Morgan fingerprint density at radius 1 is 1.41 bits per heavy atom. The molecule has 0 unspecified atom stereocenters. The summed E-state index contributed by atoms with van der Waals surface area (Å²) < 4.78 is 0.843. The second kappa shape index (κ2) is 8.25. The number of alkyl halides is 1. The predicted molar refractivity (Wildman–Crippen MR) is 76.6 cm³/mol. The highest BCUT2D eigenvalue weighted by Crippen LogP contribution is 2.04. The van der Waals surface area contributed by atoms with Crippen LogP contribution in [0.5, 0.6) is 0 Å². The molecule has 0 atom stereocenters. The lowest BCUT2D eigenvalue weighted by molar-refractivity contribution is -0.184. The van der Waals surface area contributed by atoms with Crippen molar-refractivity contribution in [1.82, 2.24) is 5.06 Å². The lowest BCUT2D eigenvalue weighted by Crippen LogP contribution is -2.31. The van der Waals surface area contributed by atoms with Gasteiger partial charge in [-0.3, -0.25) is 9.63 Å². The summed E-state index contributed by atoms with van der Waals surface area (Å²) in [6, 6.07) is 9.81. The molecule has 1 aromatic rings. The van der Waals surface area contributed by atoms with Crippen LogP contribution < -0.4 is 0 Å². The number of hydrogen-bond acceptors (Lipinski definition) is 2. The molecule has 0 saturated carbocycles. The van der Waals surface area contributed by atoms with Gasteiger partial charge in [-0.1, -0.05) is 59.0 Å². The Morgan fingerprint density at radius 3 is 2.71 bits per heavy atom. The third-order valence-corrected chi connectivity index (χ3v) is 2.55. The number of hydroxylamine groups is 2. The minimum absolute atomic E-state index is 0.111. The lowest BCUT2D eigenvalue weighted by atomic mass is 10.2. The van der Waals surface area contributed by atoms with E-state index in [1.165, 1.54) is 11.1 Å². The molecular formula is C13H16INO2. The summed E-state index contributed by atoms with van der Waals surface area (Å²) in [5.41, 5.74) is 1.05. The van der Waals surface area contributed by atoms with E-state index in [-0.39, 0.29) is 5.91 Å². The van der Waals surface area contributed by atoms with Crippen LogP contribution in [-0.2, 0) is 16.2 Å². The Kier molecular flexibility index (Phi) is 6.88. The van der Waals surface area contributed by atoms with Crippen molar-refractivity contribution in [2.24, 2.45) is 0 Å².